The Morgan fingerprint density at radius 3 is 2.39 bits per heavy atom. The van der Waals surface area contributed by atoms with Crippen molar-refractivity contribution in [1.82, 2.24) is 5.32 Å². The number of hydrogen-bond acceptors (Lipinski definition) is 2. The molecule has 4 heteroatoms. The number of rotatable bonds is 4. The largest absolute Gasteiger partial charge is 0.352 e. The Bertz CT molecular complexity index is 441. The molecule has 0 unspecified atom stereocenters. The van der Waals surface area contributed by atoms with Gasteiger partial charge in [0, 0.05) is 18.7 Å². The molecule has 0 radical (unpaired) electrons. The molecule has 0 atom stereocenters. The average Bonchev–Trinajstić information content (AvgIpc) is 2.25. The molecule has 0 aliphatic carbocycles. The fourth-order valence-electron chi connectivity index (χ4n) is 1.74. The molecule has 0 saturated carbocycles. The third-order valence-electron chi connectivity index (χ3n) is 2.54. The SMILES string of the molecule is CC(=O)N(CC(=O)NC(C)C)c1ccccc1C. The number of amides is 2. The number of anilines is 1. The second-order valence-corrected chi connectivity index (χ2v) is 4.61. The lowest BCUT2D eigenvalue weighted by Gasteiger charge is -2.23. The molecule has 1 aromatic rings. The van der Waals surface area contributed by atoms with Gasteiger partial charge in [0.2, 0.25) is 11.8 Å². The number of benzene rings is 1. The van der Waals surface area contributed by atoms with Crippen molar-refractivity contribution in [3.05, 3.63) is 29.8 Å². The number of nitrogens with zero attached hydrogens (tertiary/aromatic N) is 1. The number of para-hydroxylation sites is 1. The fraction of sp³-hybridized carbons (Fsp3) is 0.429. The zero-order valence-corrected chi connectivity index (χ0v) is 11.4. The van der Waals surface area contributed by atoms with Gasteiger partial charge in [-0.1, -0.05) is 18.2 Å². The summed E-state index contributed by atoms with van der Waals surface area (Å²) in [4.78, 5) is 24.9. The Hall–Kier alpha value is -1.84. The molecule has 0 bridgehead atoms. The predicted molar refractivity (Wildman–Crippen MR) is 72.5 cm³/mol. The summed E-state index contributed by atoms with van der Waals surface area (Å²) < 4.78 is 0. The van der Waals surface area contributed by atoms with E-state index in [1.165, 1.54) is 11.8 Å². The van der Waals surface area contributed by atoms with Gasteiger partial charge >= 0.3 is 0 Å². The van der Waals surface area contributed by atoms with Crippen LogP contribution in [-0.2, 0) is 9.59 Å². The topological polar surface area (TPSA) is 49.4 Å². The summed E-state index contributed by atoms with van der Waals surface area (Å²) in [5.74, 6) is -0.286. The number of aryl methyl sites for hydroxylation is 1. The Morgan fingerprint density at radius 2 is 1.89 bits per heavy atom. The lowest BCUT2D eigenvalue weighted by molar-refractivity contribution is -0.123. The van der Waals surface area contributed by atoms with E-state index in [4.69, 9.17) is 0 Å². The Balaban J connectivity index is 2.88. The van der Waals surface area contributed by atoms with Crippen molar-refractivity contribution in [3.63, 3.8) is 0 Å². The number of hydrogen-bond donors (Lipinski definition) is 1. The minimum Gasteiger partial charge on any atom is -0.352 e. The first kappa shape index (κ1) is 14.2. The lowest BCUT2D eigenvalue weighted by atomic mass is 10.2. The van der Waals surface area contributed by atoms with Gasteiger partial charge in [-0.25, -0.2) is 0 Å². The molecule has 98 valence electrons. The molecular weight excluding hydrogens is 228 g/mol. The normalized spacial score (nSPS) is 10.3. The molecule has 18 heavy (non-hydrogen) atoms. The summed E-state index contributed by atoms with van der Waals surface area (Å²) >= 11 is 0. The van der Waals surface area contributed by atoms with Crippen molar-refractivity contribution in [1.29, 1.82) is 0 Å². The summed E-state index contributed by atoms with van der Waals surface area (Å²) in [6, 6.07) is 7.61. The first-order valence-electron chi connectivity index (χ1n) is 6.05. The lowest BCUT2D eigenvalue weighted by Crippen LogP contribution is -2.42. The average molecular weight is 248 g/mol. The predicted octanol–water partition coefficient (Wildman–Crippen LogP) is 1.87. The van der Waals surface area contributed by atoms with Crippen molar-refractivity contribution in [3.8, 4) is 0 Å². The van der Waals surface area contributed by atoms with Crippen molar-refractivity contribution >= 4 is 17.5 Å². The third-order valence-corrected chi connectivity index (χ3v) is 2.54. The first-order valence-corrected chi connectivity index (χ1v) is 6.05. The van der Waals surface area contributed by atoms with E-state index in [0.717, 1.165) is 11.3 Å². The molecule has 0 saturated heterocycles. The first-order chi connectivity index (χ1) is 8.41. The monoisotopic (exact) mass is 248 g/mol. The molecule has 0 fully saturated rings. The van der Waals surface area contributed by atoms with E-state index in [0.29, 0.717) is 0 Å². The third kappa shape index (κ3) is 3.87. The molecule has 1 rings (SSSR count). The molecular formula is C14H20N2O2. The maximum absolute atomic E-state index is 11.7. The van der Waals surface area contributed by atoms with Crippen LogP contribution in [-0.4, -0.2) is 24.4 Å². The highest BCUT2D eigenvalue weighted by atomic mass is 16.2. The van der Waals surface area contributed by atoms with Crippen LogP contribution in [0.4, 0.5) is 5.69 Å². The highest BCUT2D eigenvalue weighted by molar-refractivity contribution is 5.98. The number of nitrogens with one attached hydrogen (secondary N) is 1. The van der Waals surface area contributed by atoms with Crippen molar-refractivity contribution < 1.29 is 9.59 Å². The number of carbonyl (C=O) groups excluding carboxylic acids is 2. The Morgan fingerprint density at radius 1 is 1.28 bits per heavy atom. The molecule has 2 amide bonds. The smallest absolute Gasteiger partial charge is 0.240 e. The van der Waals surface area contributed by atoms with Gasteiger partial charge < -0.3 is 10.2 Å². The van der Waals surface area contributed by atoms with Crippen LogP contribution in [0.15, 0.2) is 24.3 Å². The van der Waals surface area contributed by atoms with Crippen LogP contribution in [0.3, 0.4) is 0 Å². The van der Waals surface area contributed by atoms with Gasteiger partial charge in [0.15, 0.2) is 0 Å². The van der Waals surface area contributed by atoms with Crippen LogP contribution in [0, 0.1) is 6.92 Å². The molecule has 1 aromatic carbocycles. The molecule has 0 aliphatic heterocycles. The quantitative estimate of drug-likeness (QED) is 0.884. The minimum atomic E-state index is -0.150. The van der Waals surface area contributed by atoms with E-state index in [1.807, 2.05) is 45.0 Å². The molecule has 0 aromatic heterocycles. The van der Waals surface area contributed by atoms with Crippen molar-refractivity contribution in [2.24, 2.45) is 0 Å². The Labute approximate surface area is 108 Å². The molecule has 4 nitrogen and oxygen atoms in total. The summed E-state index contributed by atoms with van der Waals surface area (Å²) in [7, 11) is 0. The van der Waals surface area contributed by atoms with Gasteiger partial charge in [-0.2, -0.15) is 0 Å². The maximum atomic E-state index is 11.7. The van der Waals surface area contributed by atoms with E-state index >= 15 is 0 Å². The highest BCUT2D eigenvalue weighted by Crippen LogP contribution is 2.19. The van der Waals surface area contributed by atoms with Gasteiger partial charge in [0.1, 0.15) is 6.54 Å². The number of carbonyl (C=O) groups is 2. The minimum absolute atomic E-state index is 0.0539. The van der Waals surface area contributed by atoms with Crippen LogP contribution < -0.4 is 10.2 Å². The van der Waals surface area contributed by atoms with Crippen LogP contribution in [0.1, 0.15) is 26.3 Å². The summed E-state index contributed by atoms with van der Waals surface area (Å²) in [6.45, 7) is 7.23. The van der Waals surface area contributed by atoms with E-state index in [1.54, 1.807) is 0 Å². The highest BCUT2D eigenvalue weighted by Gasteiger charge is 2.17. The van der Waals surface area contributed by atoms with Gasteiger partial charge in [-0.3, -0.25) is 9.59 Å². The van der Waals surface area contributed by atoms with Crippen LogP contribution >= 0.6 is 0 Å². The van der Waals surface area contributed by atoms with E-state index in [-0.39, 0.29) is 24.4 Å². The van der Waals surface area contributed by atoms with Gasteiger partial charge in [0.25, 0.3) is 0 Å². The van der Waals surface area contributed by atoms with Crippen molar-refractivity contribution in [2.75, 3.05) is 11.4 Å². The fourth-order valence-corrected chi connectivity index (χ4v) is 1.74. The van der Waals surface area contributed by atoms with Gasteiger partial charge in [-0.05, 0) is 32.4 Å². The van der Waals surface area contributed by atoms with Crippen molar-refractivity contribution in [2.45, 2.75) is 33.7 Å². The maximum Gasteiger partial charge on any atom is 0.240 e. The Kier molecular flexibility index (Phi) is 4.89. The standard InChI is InChI=1S/C14H20N2O2/c1-10(2)15-14(18)9-16(12(4)17)13-8-6-5-7-11(13)3/h5-8,10H,9H2,1-4H3,(H,15,18). The van der Waals surface area contributed by atoms with E-state index in [9.17, 15) is 9.59 Å². The molecule has 0 spiro atoms. The van der Waals surface area contributed by atoms with Gasteiger partial charge in [-0.15, -0.1) is 0 Å². The second kappa shape index (κ2) is 6.19. The van der Waals surface area contributed by atoms with E-state index < -0.39 is 0 Å². The van der Waals surface area contributed by atoms with Gasteiger partial charge in [0.05, 0.1) is 0 Å². The summed E-state index contributed by atoms with van der Waals surface area (Å²) in [5, 5.41) is 2.78. The molecule has 0 heterocycles. The molecule has 1 N–H and O–H groups in total. The second-order valence-electron chi connectivity index (χ2n) is 4.61. The zero-order valence-electron chi connectivity index (χ0n) is 11.4. The summed E-state index contributed by atoms with van der Waals surface area (Å²) in [6.07, 6.45) is 0. The molecule has 0 aliphatic rings. The van der Waals surface area contributed by atoms with Crippen LogP contribution in [0.2, 0.25) is 0 Å². The van der Waals surface area contributed by atoms with Crippen LogP contribution in [0.5, 0.6) is 0 Å². The van der Waals surface area contributed by atoms with E-state index in [2.05, 4.69) is 5.32 Å². The van der Waals surface area contributed by atoms with Crippen LogP contribution in [0.25, 0.3) is 0 Å². The zero-order chi connectivity index (χ0) is 13.7. The summed E-state index contributed by atoms with van der Waals surface area (Å²) in [5.41, 5.74) is 1.76.